The zero-order valence-corrected chi connectivity index (χ0v) is 11.0. The lowest BCUT2D eigenvalue weighted by molar-refractivity contribution is -0.133. The lowest BCUT2D eigenvalue weighted by Crippen LogP contribution is -2.38. The topological polar surface area (TPSA) is 59.0 Å². The van der Waals surface area contributed by atoms with E-state index < -0.39 is 11.9 Å². The number of aliphatic hydroxyl groups excluding tert-OH is 1. The van der Waals surface area contributed by atoms with Crippen LogP contribution in [-0.2, 0) is 9.53 Å². The highest BCUT2D eigenvalue weighted by atomic mass is 19.1. The number of benzene rings is 1. The van der Waals surface area contributed by atoms with Crippen LogP contribution in [0.15, 0.2) is 24.3 Å². The van der Waals surface area contributed by atoms with Crippen LogP contribution >= 0.6 is 0 Å². The molecule has 0 fully saturated rings. The molecule has 0 heterocycles. The second-order valence-corrected chi connectivity index (χ2v) is 4.10. The van der Waals surface area contributed by atoms with Gasteiger partial charge in [-0.2, -0.15) is 0 Å². The molecular weight excluding hydrogens is 253 g/mol. The lowest BCUT2D eigenvalue weighted by atomic mass is 10.3. The quantitative estimate of drug-likeness (QED) is 0.792. The number of ether oxygens (including phenoxy) is 2. The predicted octanol–water partition coefficient (Wildman–Crippen LogP) is 0.670. The van der Waals surface area contributed by atoms with Gasteiger partial charge in [-0.05, 0) is 12.1 Å². The number of likely N-dealkylation sites (N-methyl/N-ethyl adjacent to an activating group) is 1. The van der Waals surface area contributed by atoms with Crippen molar-refractivity contribution < 1.29 is 23.8 Å². The predicted molar refractivity (Wildman–Crippen MR) is 67.4 cm³/mol. The summed E-state index contributed by atoms with van der Waals surface area (Å²) in [6, 6.07) is 5.86. The van der Waals surface area contributed by atoms with Crippen LogP contribution in [0.2, 0.25) is 0 Å². The van der Waals surface area contributed by atoms with Gasteiger partial charge in [0.1, 0.15) is 0 Å². The summed E-state index contributed by atoms with van der Waals surface area (Å²) in [5.41, 5.74) is 0. The van der Waals surface area contributed by atoms with Gasteiger partial charge in [-0.15, -0.1) is 0 Å². The number of methoxy groups -OCH3 is 1. The summed E-state index contributed by atoms with van der Waals surface area (Å²) >= 11 is 0. The Kier molecular flexibility index (Phi) is 6.24. The van der Waals surface area contributed by atoms with Gasteiger partial charge < -0.3 is 19.5 Å². The molecule has 0 aromatic heterocycles. The second-order valence-electron chi connectivity index (χ2n) is 4.10. The summed E-state index contributed by atoms with van der Waals surface area (Å²) in [6.07, 6.45) is -0.757. The van der Waals surface area contributed by atoms with E-state index in [1.807, 2.05) is 0 Å². The molecule has 1 N–H and O–H groups in total. The van der Waals surface area contributed by atoms with Crippen molar-refractivity contribution in [1.82, 2.24) is 4.90 Å². The maximum atomic E-state index is 13.2. The molecule has 0 spiro atoms. The first-order valence-electron chi connectivity index (χ1n) is 5.83. The van der Waals surface area contributed by atoms with Crippen LogP contribution in [0.5, 0.6) is 5.75 Å². The molecule has 1 unspecified atom stereocenters. The summed E-state index contributed by atoms with van der Waals surface area (Å²) in [5, 5.41) is 9.48. The van der Waals surface area contributed by atoms with Crippen molar-refractivity contribution in [3.8, 4) is 5.75 Å². The molecule has 0 aliphatic rings. The molecule has 1 rings (SSSR count). The Morgan fingerprint density at radius 1 is 1.47 bits per heavy atom. The molecule has 6 heteroatoms. The molecule has 5 nitrogen and oxygen atoms in total. The first kappa shape index (κ1) is 15.4. The highest BCUT2D eigenvalue weighted by Gasteiger charge is 2.14. The first-order chi connectivity index (χ1) is 9.04. The molecular formula is C13H18FNO4. The van der Waals surface area contributed by atoms with E-state index in [2.05, 4.69) is 0 Å². The smallest absolute Gasteiger partial charge is 0.260 e. The van der Waals surface area contributed by atoms with E-state index in [1.54, 1.807) is 6.07 Å². The third-order valence-electron chi connectivity index (χ3n) is 2.46. The molecule has 0 aliphatic carbocycles. The monoisotopic (exact) mass is 271 g/mol. The number of hydrogen-bond acceptors (Lipinski definition) is 4. The minimum Gasteiger partial charge on any atom is -0.481 e. The third-order valence-corrected chi connectivity index (χ3v) is 2.46. The number of hydrogen-bond donors (Lipinski definition) is 1. The van der Waals surface area contributed by atoms with Gasteiger partial charge in [0.25, 0.3) is 5.91 Å². The van der Waals surface area contributed by atoms with E-state index in [0.717, 1.165) is 0 Å². The Morgan fingerprint density at radius 3 is 2.79 bits per heavy atom. The number of carbonyl (C=O) groups excluding carboxylic acids is 1. The van der Waals surface area contributed by atoms with Gasteiger partial charge in [-0.25, -0.2) is 4.39 Å². The van der Waals surface area contributed by atoms with E-state index in [9.17, 15) is 14.3 Å². The normalized spacial score (nSPS) is 12.0. The van der Waals surface area contributed by atoms with Crippen molar-refractivity contribution in [2.75, 3.05) is 33.9 Å². The van der Waals surface area contributed by atoms with Crippen molar-refractivity contribution >= 4 is 5.91 Å². The number of carbonyl (C=O) groups is 1. The highest BCUT2D eigenvalue weighted by molar-refractivity contribution is 5.77. The molecule has 19 heavy (non-hydrogen) atoms. The van der Waals surface area contributed by atoms with Crippen molar-refractivity contribution in [2.45, 2.75) is 6.10 Å². The number of amides is 1. The van der Waals surface area contributed by atoms with Gasteiger partial charge in [0.05, 0.1) is 12.7 Å². The highest BCUT2D eigenvalue weighted by Crippen LogP contribution is 2.15. The summed E-state index contributed by atoms with van der Waals surface area (Å²) in [5.74, 6) is -0.836. The molecule has 0 radical (unpaired) electrons. The Hall–Kier alpha value is -1.66. The summed E-state index contributed by atoms with van der Waals surface area (Å²) < 4.78 is 23.1. The molecule has 106 valence electrons. The fraction of sp³-hybridized carbons (Fsp3) is 0.462. The van der Waals surface area contributed by atoms with Crippen molar-refractivity contribution in [3.63, 3.8) is 0 Å². The first-order valence-corrected chi connectivity index (χ1v) is 5.83. The zero-order chi connectivity index (χ0) is 14.3. The van der Waals surface area contributed by atoms with Crippen LogP contribution in [0.25, 0.3) is 0 Å². The fourth-order valence-electron chi connectivity index (χ4n) is 1.47. The second kappa shape index (κ2) is 7.70. The lowest BCUT2D eigenvalue weighted by Gasteiger charge is -2.20. The third kappa shape index (κ3) is 5.23. The van der Waals surface area contributed by atoms with E-state index in [-0.39, 0.29) is 31.4 Å². The van der Waals surface area contributed by atoms with Crippen LogP contribution < -0.4 is 4.74 Å². The van der Waals surface area contributed by atoms with Crippen LogP contribution in [0.3, 0.4) is 0 Å². The summed E-state index contributed by atoms with van der Waals surface area (Å²) in [6.45, 7) is -0.00374. The molecule has 1 aromatic rings. The standard InChI is InChI=1S/C13H18FNO4/c1-15(7-10(16)8-18-2)13(17)9-19-12-6-4-3-5-11(12)14/h3-6,10,16H,7-9H2,1-2H3. The molecule has 0 aliphatic heterocycles. The fourth-order valence-corrected chi connectivity index (χ4v) is 1.47. The molecule has 1 atom stereocenters. The van der Waals surface area contributed by atoms with Crippen molar-refractivity contribution in [2.24, 2.45) is 0 Å². The average Bonchev–Trinajstić information content (AvgIpc) is 2.37. The van der Waals surface area contributed by atoms with E-state index in [0.29, 0.717) is 0 Å². The van der Waals surface area contributed by atoms with Gasteiger partial charge >= 0.3 is 0 Å². The van der Waals surface area contributed by atoms with Gasteiger partial charge in [-0.1, -0.05) is 12.1 Å². The van der Waals surface area contributed by atoms with Crippen molar-refractivity contribution in [3.05, 3.63) is 30.1 Å². The van der Waals surface area contributed by atoms with Gasteiger partial charge in [0.2, 0.25) is 0 Å². The number of nitrogens with zero attached hydrogens (tertiary/aromatic N) is 1. The van der Waals surface area contributed by atoms with Gasteiger partial charge in [0, 0.05) is 20.7 Å². The number of aliphatic hydroxyl groups is 1. The molecule has 1 aromatic carbocycles. The van der Waals surface area contributed by atoms with Gasteiger partial charge in [0.15, 0.2) is 18.2 Å². The van der Waals surface area contributed by atoms with E-state index >= 15 is 0 Å². The van der Waals surface area contributed by atoms with E-state index in [4.69, 9.17) is 9.47 Å². The van der Waals surface area contributed by atoms with Crippen LogP contribution in [-0.4, -0.2) is 55.9 Å². The Labute approximate surface area is 111 Å². The summed E-state index contributed by atoms with van der Waals surface area (Å²) in [4.78, 5) is 13.0. The minimum absolute atomic E-state index is 0.0293. The molecule has 0 saturated carbocycles. The van der Waals surface area contributed by atoms with Crippen LogP contribution in [0, 0.1) is 5.82 Å². The maximum Gasteiger partial charge on any atom is 0.260 e. The Bertz CT molecular complexity index is 413. The Morgan fingerprint density at radius 2 is 2.16 bits per heavy atom. The maximum absolute atomic E-state index is 13.2. The number of halogens is 1. The largest absolute Gasteiger partial charge is 0.481 e. The Balaban J connectivity index is 2.40. The number of rotatable bonds is 7. The summed E-state index contributed by atoms with van der Waals surface area (Å²) in [7, 11) is 3.00. The molecule has 0 bridgehead atoms. The number of para-hydroxylation sites is 1. The van der Waals surface area contributed by atoms with Crippen LogP contribution in [0.4, 0.5) is 4.39 Å². The SMILES string of the molecule is COCC(O)CN(C)C(=O)COc1ccccc1F. The molecule has 0 saturated heterocycles. The van der Waals surface area contributed by atoms with E-state index in [1.165, 1.54) is 37.3 Å². The minimum atomic E-state index is -0.757. The van der Waals surface area contributed by atoms with Crippen LogP contribution in [0.1, 0.15) is 0 Å². The average molecular weight is 271 g/mol. The van der Waals surface area contributed by atoms with Crippen molar-refractivity contribution in [1.29, 1.82) is 0 Å². The zero-order valence-electron chi connectivity index (χ0n) is 11.0. The van der Waals surface area contributed by atoms with Gasteiger partial charge in [-0.3, -0.25) is 4.79 Å². The molecule has 1 amide bonds.